The van der Waals surface area contributed by atoms with E-state index in [-0.39, 0.29) is 0 Å². The number of hydrogen-bond donors (Lipinski definition) is 2. The number of nitrogens with zero attached hydrogens (tertiary/aromatic N) is 2. The standard InChI is InChI=1S/C13H16N4S/c1-3-17-7-6-12(16-17)15-10-4-5-11(13(14)18)9(2)8-10/h4-8H,3H2,1-2H3,(H2,14,18)(H,15,16). The molecule has 0 atom stereocenters. The fraction of sp³-hybridized carbons (Fsp3) is 0.231. The molecule has 2 rings (SSSR count). The van der Waals surface area contributed by atoms with Crippen LogP contribution in [0.2, 0.25) is 0 Å². The molecule has 1 heterocycles. The maximum absolute atomic E-state index is 5.63. The summed E-state index contributed by atoms with van der Waals surface area (Å²) in [4.78, 5) is 0.425. The molecule has 4 nitrogen and oxygen atoms in total. The van der Waals surface area contributed by atoms with Gasteiger partial charge in [-0.1, -0.05) is 12.2 Å². The van der Waals surface area contributed by atoms with Crippen LogP contribution in [-0.2, 0) is 6.54 Å². The van der Waals surface area contributed by atoms with Crippen molar-refractivity contribution in [3.63, 3.8) is 0 Å². The topological polar surface area (TPSA) is 55.9 Å². The number of nitrogens with two attached hydrogens (primary N) is 1. The molecule has 18 heavy (non-hydrogen) atoms. The molecule has 0 unspecified atom stereocenters. The lowest BCUT2D eigenvalue weighted by Gasteiger charge is -2.08. The molecule has 2 aromatic rings. The van der Waals surface area contributed by atoms with Crippen LogP contribution in [0.3, 0.4) is 0 Å². The third kappa shape index (κ3) is 2.68. The van der Waals surface area contributed by atoms with E-state index >= 15 is 0 Å². The van der Waals surface area contributed by atoms with Crippen LogP contribution in [0.25, 0.3) is 0 Å². The van der Waals surface area contributed by atoms with Crippen molar-refractivity contribution in [2.24, 2.45) is 5.73 Å². The second-order valence-electron chi connectivity index (χ2n) is 4.08. The molecule has 1 aromatic carbocycles. The van der Waals surface area contributed by atoms with Gasteiger partial charge in [0, 0.05) is 30.1 Å². The minimum absolute atomic E-state index is 0.425. The molecule has 0 saturated carbocycles. The van der Waals surface area contributed by atoms with Gasteiger partial charge in [-0.25, -0.2) is 0 Å². The fourth-order valence-corrected chi connectivity index (χ4v) is 2.00. The van der Waals surface area contributed by atoms with Crippen LogP contribution in [-0.4, -0.2) is 14.8 Å². The third-order valence-corrected chi connectivity index (χ3v) is 2.95. The van der Waals surface area contributed by atoms with Gasteiger partial charge in [0.2, 0.25) is 0 Å². The maximum Gasteiger partial charge on any atom is 0.152 e. The van der Waals surface area contributed by atoms with Crippen molar-refractivity contribution >= 4 is 28.7 Å². The quantitative estimate of drug-likeness (QED) is 0.830. The SMILES string of the molecule is CCn1ccc(Nc2ccc(C(N)=S)c(C)c2)n1. The average molecular weight is 260 g/mol. The van der Waals surface area contributed by atoms with Gasteiger partial charge in [0.15, 0.2) is 5.82 Å². The second kappa shape index (κ2) is 5.18. The van der Waals surface area contributed by atoms with Gasteiger partial charge in [-0.2, -0.15) is 5.10 Å². The van der Waals surface area contributed by atoms with Crippen molar-refractivity contribution in [1.29, 1.82) is 0 Å². The number of thiocarbonyl (C=S) groups is 1. The van der Waals surface area contributed by atoms with Gasteiger partial charge < -0.3 is 11.1 Å². The summed E-state index contributed by atoms with van der Waals surface area (Å²) in [6, 6.07) is 7.84. The highest BCUT2D eigenvalue weighted by Gasteiger charge is 2.04. The van der Waals surface area contributed by atoms with E-state index in [9.17, 15) is 0 Å². The summed E-state index contributed by atoms with van der Waals surface area (Å²) in [5.41, 5.74) is 8.58. The van der Waals surface area contributed by atoms with Crippen LogP contribution < -0.4 is 11.1 Å². The summed E-state index contributed by atoms with van der Waals surface area (Å²) in [6.45, 7) is 4.91. The molecule has 5 heteroatoms. The third-order valence-electron chi connectivity index (χ3n) is 2.73. The first kappa shape index (κ1) is 12.6. The van der Waals surface area contributed by atoms with Crippen LogP contribution in [0.4, 0.5) is 11.5 Å². The van der Waals surface area contributed by atoms with E-state index in [1.807, 2.05) is 42.1 Å². The summed E-state index contributed by atoms with van der Waals surface area (Å²) in [5.74, 6) is 0.833. The van der Waals surface area contributed by atoms with Crippen molar-refractivity contribution in [3.05, 3.63) is 41.6 Å². The number of benzene rings is 1. The van der Waals surface area contributed by atoms with E-state index in [0.717, 1.165) is 29.2 Å². The first-order chi connectivity index (χ1) is 8.60. The Hall–Kier alpha value is -1.88. The zero-order valence-corrected chi connectivity index (χ0v) is 11.3. The summed E-state index contributed by atoms with van der Waals surface area (Å²) in [7, 11) is 0. The lowest BCUT2D eigenvalue weighted by molar-refractivity contribution is 0.662. The predicted molar refractivity (Wildman–Crippen MR) is 78.3 cm³/mol. The molecule has 0 bridgehead atoms. The Bertz CT molecular complexity index is 574. The maximum atomic E-state index is 5.63. The van der Waals surface area contributed by atoms with Gasteiger partial charge in [0.25, 0.3) is 0 Å². The molecule has 0 fully saturated rings. The summed E-state index contributed by atoms with van der Waals surface area (Å²) in [5, 5.41) is 7.62. The van der Waals surface area contributed by atoms with Crippen LogP contribution in [0.15, 0.2) is 30.5 Å². The van der Waals surface area contributed by atoms with E-state index in [1.165, 1.54) is 0 Å². The minimum atomic E-state index is 0.425. The summed E-state index contributed by atoms with van der Waals surface area (Å²) in [6.07, 6.45) is 1.94. The Morgan fingerprint density at radius 3 is 2.78 bits per heavy atom. The molecule has 3 N–H and O–H groups in total. The number of hydrogen-bond acceptors (Lipinski definition) is 3. The molecule has 1 aromatic heterocycles. The van der Waals surface area contributed by atoms with Gasteiger partial charge >= 0.3 is 0 Å². The first-order valence-electron chi connectivity index (χ1n) is 5.81. The largest absolute Gasteiger partial charge is 0.389 e. The Labute approximate surface area is 112 Å². The van der Waals surface area contributed by atoms with E-state index in [1.54, 1.807) is 0 Å². The monoisotopic (exact) mass is 260 g/mol. The molecule has 0 aliphatic heterocycles. The van der Waals surface area contributed by atoms with Crippen LogP contribution in [0.5, 0.6) is 0 Å². The van der Waals surface area contributed by atoms with E-state index in [2.05, 4.69) is 17.3 Å². The van der Waals surface area contributed by atoms with Crippen LogP contribution in [0.1, 0.15) is 18.1 Å². The van der Waals surface area contributed by atoms with Crippen molar-refractivity contribution in [2.45, 2.75) is 20.4 Å². The average Bonchev–Trinajstić information content (AvgIpc) is 2.76. The molecular weight excluding hydrogens is 244 g/mol. The zero-order valence-electron chi connectivity index (χ0n) is 10.5. The van der Waals surface area contributed by atoms with Gasteiger partial charge in [0.05, 0.1) is 0 Å². The molecule has 0 radical (unpaired) electrons. The van der Waals surface area contributed by atoms with Gasteiger partial charge in [-0.15, -0.1) is 0 Å². The highest BCUT2D eigenvalue weighted by molar-refractivity contribution is 7.80. The molecule has 0 saturated heterocycles. The zero-order chi connectivity index (χ0) is 13.1. The summed E-state index contributed by atoms with van der Waals surface area (Å²) < 4.78 is 1.87. The van der Waals surface area contributed by atoms with Crippen molar-refractivity contribution in [2.75, 3.05) is 5.32 Å². The van der Waals surface area contributed by atoms with Crippen molar-refractivity contribution in [3.8, 4) is 0 Å². The van der Waals surface area contributed by atoms with Gasteiger partial charge in [0.1, 0.15) is 4.99 Å². The van der Waals surface area contributed by atoms with Crippen LogP contribution >= 0.6 is 12.2 Å². The molecule has 0 spiro atoms. The first-order valence-corrected chi connectivity index (χ1v) is 6.22. The smallest absolute Gasteiger partial charge is 0.152 e. The molecular formula is C13H16N4S. The second-order valence-corrected chi connectivity index (χ2v) is 4.52. The van der Waals surface area contributed by atoms with Gasteiger partial charge in [-0.3, -0.25) is 4.68 Å². The fourth-order valence-electron chi connectivity index (χ4n) is 1.77. The normalized spacial score (nSPS) is 10.3. The van der Waals surface area contributed by atoms with Crippen molar-refractivity contribution < 1.29 is 0 Å². The van der Waals surface area contributed by atoms with E-state index in [4.69, 9.17) is 18.0 Å². The Balaban J connectivity index is 2.19. The molecule has 94 valence electrons. The van der Waals surface area contributed by atoms with E-state index < -0.39 is 0 Å². The highest BCUT2D eigenvalue weighted by atomic mass is 32.1. The minimum Gasteiger partial charge on any atom is -0.389 e. The number of aromatic nitrogens is 2. The Morgan fingerprint density at radius 2 is 2.22 bits per heavy atom. The lowest BCUT2D eigenvalue weighted by atomic mass is 10.1. The molecule has 0 aliphatic rings. The predicted octanol–water partition coefficient (Wildman–Crippen LogP) is 2.59. The van der Waals surface area contributed by atoms with Crippen LogP contribution in [0, 0.1) is 6.92 Å². The summed E-state index contributed by atoms with van der Waals surface area (Å²) >= 11 is 4.98. The number of aryl methyl sites for hydroxylation is 2. The number of anilines is 2. The highest BCUT2D eigenvalue weighted by Crippen LogP contribution is 2.18. The van der Waals surface area contributed by atoms with Gasteiger partial charge in [-0.05, 0) is 37.6 Å². The number of nitrogens with one attached hydrogen (secondary N) is 1. The van der Waals surface area contributed by atoms with Crippen molar-refractivity contribution in [1.82, 2.24) is 9.78 Å². The Kier molecular flexibility index (Phi) is 3.62. The molecule has 0 amide bonds. The van der Waals surface area contributed by atoms with E-state index in [0.29, 0.717) is 4.99 Å². The number of rotatable bonds is 4. The lowest BCUT2D eigenvalue weighted by Crippen LogP contribution is -2.11. The Morgan fingerprint density at radius 1 is 1.44 bits per heavy atom. The molecule has 0 aliphatic carbocycles.